The van der Waals surface area contributed by atoms with E-state index in [-0.39, 0.29) is 18.5 Å². The van der Waals surface area contributed by atoms with Crippen LogP contribution >= 0.6 is 0 Å². The summed E-state index contributed by atoms with van der Waals surface area (Å²) in [4.78, 5) is 24.5. The molecule has 0 aromatic heterocycles. The van der Waals surface area contributed by atoms with Crippen LogP contribution in [0, 0.1) is 20.8 Å². The number of esters is 1. The third kappa shape index (κ3) is 6.38. The van der Waals surface area contributed by atoms with Crippen molar-refractivity contribution in [2.24, 2.45) is 0 Å². The highest BCUT2D eigenvalue weighted by Gasteiger charge is 2.14. The molecule has 140 valence electrons. The quantitative estimate of drug-likeness (QED) is 0.420. The number of carbonyl (C=O) groups is 2. The van der Waals surface area contributed by atoms with E-state index in [1.54, 1.807) is 7.05 Å². The molecular formula is C19H29NO5. The van der Waals surface area contributed by atoms with Gasteiger partial charge in [0.15, 0.2) is 0 Å². The molecule has 0 fully saturated rings. The number of carbonyl (C=O) groups excluding carboxylic acids is 2. The number of aryl methyl sites for hydroxylation is 1. The van der Waals surface area contributed by atoms with Gasteiger partial charge in [0.2, 0.25) is 5.91 Å². The highest BCUT2D eigenvalue weighted by atomic mass is 16.5. The number of benzene rings is 1. The number of hydrogen-bond acceptors (Lipinski definition) is 5. The number of nitrogens with zero attached hydrogens (tertiary/aromatic N) is 1. The van der Waals surface area contributed by atoms with Crippen molar-refractivity contribution in [2.75, 3.05) is 26.8 Å². The van der Waals surface area contributed by atoms with Crippen LogP contribution in [0.2, 0.25) is 0 Å². The minimum atomic E-state index is -0.338. The minimum Gasteiger partial charge on any atom is -0.493 e. The van der Waals surface area contributed by atoms with E-state index in [0.29, 0.717) is 25.3 Å². The monoisotopic (exact) mass is 351 g/mol. The Morgan fingerprint density at radius 2 is 1.84 bits per heavy atom. The van der Waals surface area contributed by atoms with Gasteiger partial charge in [-0.2, -0.15) is 0 Å². The average molecular weight is 351 g/mol. The van der Waals surface area contributed by atoms with Crippen LogP contribution < -0.4 is 9.47 Å². The Morgan fingerprint density at radius 3 is 2.44 bits per heavy atom. The summed E-state index contributed by atoms with van der Waals surface area (Å²) in [5.41, 5.74) is 2.70. The molecule has 0 aliphatic heterocycles. The second kappa shape index (κ2) is 10.0. The smallest absolute Gasteiger partial charge is 0.308 e. The second-order valence-electron chi connectivity index (χ2n) is 6.21. The zero-order chi connectivity index (χ0) is 19.0. The van der Waals surface area contributed by atoms with Gasteiger partial charge in [0.1, 0.15) is 11.5 Å². The number of aliphatic hydroxyl groups is 1. The third-order valence-electron chi connectivity index (χ3n) is 4.13. The van der Waals surface area contributed by atoms with Crippen molar-refractivity contribution >= 4 is 11.9 Å². The lowest BCUT2D eigenvalue weighted by atomic mass is 10.0. The molecule has 1 amide bonds. The number of rotatable bonds is 9. The highest BCUT2D eigenvalue weighted by molar-refractivity contribution is 5.75. The molecule has 0 heterocycles. The summed E-state index contributed by atoms with van der Waals surface area (Å²) in [7, 11) is 1.69. The van der Waals surface area contributed by atoms with Gasteiger partial charge >= 0.3 is 5.97 Å². The van der Waals surface area contributed by atoms with Crippen LogP contribution in [0.25, 0.3) is 0 Å². The van der Waals surface area contributed by atoms with Crippen molar-refractivity contribution in [1.29, 1.82) is 0 Å². The average Bonchev–Trinajstić information content (AvgIpc) is 2.55. The van der Waals surface area contributed by atoms with Crippen molar-refractivity contribution in [3.63, 3.8) is 0 Å². The molecule has 0 unspecified atom stereocenters. The van der Waals surface area contributed by atoms with E-state index in [0.717, 1.165) is 35.3 Å². The van der Waals surface area contributed by atoms with Gasteiger partial charge in [-0.25, -0.2) is 0 Å². The maximum atomic E-state index is 11.8. The van der Waals surface area contributed by atoms with Crippen LogP contribution in [-0.2, 0) is 9.59 Å². The normalized spacial score (nSPS) is 10.5. The molecule has 6 nitrogen and oxygen atoms in total. The predicted octanol–water partition coefficient (Wildman–Crippen LogP) is 2.54. The van der Waals surface area contributed by atoms with Gasteiger partial charge in [0, 0.05) is 26.9 Å². The van der Waals surface area contributed by atoms with Crippen molar-refractivity contribution < 1.29 is 24.2 Å². The SMILES string of the molecule is CC(=O)Oc1c(C)cc(OCCCCC(=O)N(C)CCO)c(C)c1C. The first-order chi connectivity index (χ1) is 11.8. The lowest BCUT2D eigenvalue weighted by Crippen LogP contribution is -2.29. The molecule has 0 saturated heterocycles. The molecule has 0 aliphatic carbocycles. The first kappa shape index (κ1) is 21.0. The summed E-state index contributed by atoms with van der Waals surface area (Å²) in [5, 5.41) is 8.82. The van der Waals surface area contributed by atoms with E-state index in [2.05, 4.69) is 0 Å². The van der Waals surface area contributed by atoms with Gasteiger partial charge in [-0.05, 0) is 56.4 Å². The summed E-state index contributed by atoms with van der Waals surface area (Å²) in [6.45, 7) is 7.97. The van der Waals surface area contributed by atoms with Crippen molar-refractivity contribution in [2.45, 2.75) is 47.0 Å². The summed E-state index contributed by atoms with van der Waals surface area (Å²) in [6.07, 6.45) is 1.95. The van der Waals surface area contributed by atoms with Crippen molar-refractivity contribution in [1.82, 2.24) is 4.90 Å². The Morgan fingerprint density at radius 1 is 1.16 bits per heavy atom. The molecule has 1 aromatic rings. The largest absolute Gasteiger partial charge is 0.493 e. The van der Waals surface area contributed by atoms with Gasteiger partial charge in [0.05, 0.1) is 13.2 Å². The number of aliphatic hydroxyl groups excluding tert-OH is 1. The third-order valence-corrected chi connectivity index (χ3v) is 4.13. The maximum Gasteiger partial charge on any atom is 0.308 e. The van der Waals surface area contributed by atoms with E-state index >= 15 is 0 Å². The van der Waals surface area contributed by atoms with Gasteiger partial charge in [-0.3, -0.25) is 9.59 Å². The van der Waals surface area contributed by atoms with E-state index < -0.39 is 0 Å². The van der Waals surface area contributed by atoms with Crippen molar-refractivity contribution in [3.05, 3.63) is 22.8 Å². The molecule has 0 radical (unpaired) electrons. The standard InChI is InChI=1S/C19H29NO5/c1-13-12-17(14(2)15(3)19(13)25-16(4)22)24-11-7-6-8-18(23)20(5)9-10-21/h12,21H,6-11H2,1-5H3. The zero-order valence-electron chi connectivity index (χ0n) is 15.8. The Hall–Kier alpha value is -2.08. The van der Waals surface area contributed by atoms with Gasteiger partial charge in [0.25, 0.3) is 0 Å². The van der Waals surface area contributed by atoms with E-state index in [4.69, 9.17) is 14.6 Å². The summed E-state index contributed by atoms with van der Waals surface area (Å²) >= 11 is 0. The van der Waals surface area contributed by atoms with E-state index in [9.17, 15) is 9.59 Å². The molecule has 0 atom stereocenters. The molecule has 1 aromatic carbocycles. The van der Waals surface area contributed by atoms with E-state index in [1.807, 2.05) is 26.8 Å². The zero-order valence-corrected chi connectivity index (χ0v) is 15.8. The van der Waals surface area contributed by atoms with Crippen LogP contribution in [0.15, 0.2) is 6.07 Å². The summed E-state index contributed by atoms with van der Waals surface area (Å²) < 4.78 is 11.1. The molecule has 1 N–H and O–H groups in total. The fraction of sp³-hybridized carbons (Fsp3) is 0.579. The topological polar surface area (TPSA) is 76.1 Å². The molecule has 6 heteroatoms. The number of hydrogen-bond donors (Lipinski definition) is 1. The minimum absolute atomic E-state index is 0.0212. The Kier molecular flexibility index (Phi) is 8.41. The van der Waals surface area contributed by atoms with Crippen LogP contribution in [0.3, 0.4) is 0 Å². The summed E-state index contributed by atoms with van der Waals surface area (Å²) in [5.74, 6) is 1.06. The summed E-state index contributed by atoms with van der Waals surface area (Å²) in [6, 6.07) is 1.88. The van der Waals surface area contributed by atoms with Crippen LogP contribution in [0.4, 0.5) is 0 Å². The number of amides is 1. The highest BCUT2D eigenvalue weighted by Crippen LogP contribution is 2.33. The molecular weight excluding hydrogens is 322 g/mol. The Balaban J connectivity index is 2.53. The predicted molar refractivity (Wildman–Crippen MR) is 96.0 cm³/mol. The fourth-order valence-electron chi connectivity index (χ4n) is 2.50. The van der Waals surface area contributed by atoms with Crippen molar-refractivity contribution in [3.8, 4) is 11.5 Å². The van der Waals surface area contributed by atoms with Gasteiger partial charge in [-0.15, -0.1) is 0 Å². The van der Waals surface area contributed by atoms with Gasteiger partial charge in [-0.1, -0.05) is 0 Å². The maximum absolute atomic E-state index is 11.8. The van der Waals surface area contributed by atoms with Crippen LogP contribution in [0.1, 0.15) is 42.9 Å². The Bertz CT molecular complexity index is 612. The lowest BCUT2D eigenvalue weighted by Gasteiger charge is -2.17. The molecule has 25 heavy (non-hydrogen) atoms. The van der Waals surface area contributed by atoms with Crippen LogP contribution in [-0.4, -0.2) is 48.7 Å². The molecule has 0 aliphatic rings. The Labute approximate surface area is 149 Å². The first-order valence-corrected chi connectivity index (χ1v) is 8.54. The lowest BCUT2D eigenvalue weighted by molar-refractivity contribution is -0.132. The van der Waals surface area contributed by atoms with E-state index in [1.165, 1.54) is 11.8 Å². The molecule has 0 bridgehead atoms. The fourth-order valence-corrected chi connectivity index (χ4v) is 2.50. The number of unbranched alkanes of at least 4 members (excludes halogenated alkanes) is 1. The number of likely N-dealkylation sites (N-methyl/N-ethyl adjacent to an activating group) is 1. The second-order valence-corrected chi connectivity index (χ2v) is 6.21. The number of ether oxygens (including phenoxy) is 2. The first-order valence-electron chi connectivity index (χ1n) is 8.54. The molecule has 1 rings (SSSR count). The van der Waals surface area contributed by atoms with Gasteiger partial charge < -0.3 is 19.5 Å². The molecule has 0 spiro atoms. The molecule has 0 saturated carbocycles. The van der Waals surface area contributed by atoms with Crippen LogP contribution in [0.5, 0.6) is 11.5 Å².